The standard InChI is InChI=1S/C15H30N2/c1-3-13-8-7-11-17(12-13)15-10-6-5-9-14(15)16-4-2/h13-16H,3-12H2,1-2H3. The molecule has 0 aromatic carbocycles. The Hall–Kier alpha value is -0.0800. The van der Waals surface area contributed by atoms with Gasteiger partial charge in [-0.1, -0.05) is 33.1 Å². The van der Waals surface area contributed by atoms with Crippen LogP contribution in [-0.4, -0.2) is 36.6 Å². The molecule has 17 heavy (non-hydrogen) atoms. The third-order valence-corrected chi connectivity index (χ3v) is 4.79. The van der Waals surface area contributed by atoms with Crippen LogP contribution in [-0.2, 0) is 0 Å². The summed E-state index contributed by atoms with van der Waals surface area (Å²) in [5.74, 6) is 0.966. The van der Waals surface area contributed by atoms with Gasteiger partial charge in [0, 0.05) is 18.6 Å². The molecule has 0 bridgehead atoms. The lowest BCUT2D eigenvalue weighted by molar-refractivity contribution is 0.0751. The average Bonchev–Trinajstić information content (AvgIpc) is 2.40. The van der Waals surface area contributed by atoms with Crippen molar-refractivity contribution in [2.45, 2.75) is 70.9 Å². The number of hydrogen-bond donors (Lipinski definition) is 1. The van der Waals surface area contributed by atoms with Crippen molar-refractivity contribution in [2.24, 2.45) is 5.92 Å². The van der Waals surface area contributed by atoms with Gasteiger partial charge in [0.2, 0.25) is 0 Å². The number of likely N-dealkylation sites (N-methyl/N-ethyl adjacent to an activating group) is 1. The SMILES string of the molecule is CCNC1CCCCC1N1CCCC(CC)C1. The van der Waals surface area contributed by atoms with Crippen LogP contribution in [0.2, 0.25) is 0 Å². The summed E-state index contributed by atoms with van der Waals surface area (Å²) >= 11 is 0. The summed E-state index contributed by atoms with van der Waals surface area (Å²) < 4.78 is 0. The Morgan fingerprint density at radius 3 is 2.65 bits per heavy atom. The van der Waals surface area contributed by atoms with E-state index in [1.807, 2.05) is 0 Å². The lowest BCUT2D eigenvalue weighted by atomic mass is 9.86. The smallest absolute Gasteiger partial charge is 0.0249 e. The highest BCUT2D eigenvalue weighted by Crippen LogP contribution is 2.28. The first kappa shape index (κ1) is 13.4. The van der Waals surface area contributed by atoms with Crippen LogP contribution in [0.15, 0.2) is 0 Å². The number of piperidine rings is 1. The van der Waals surface area contributed by atoms with Crippen molar-refractivity contribution in [3.8, 4) is 0 Å². The van der Waals surface area contributed by atoms with E-state index in [2.05, 4.69) is 24.1 Å². The van der Waals surface area contributed by atoms with E-state index >= 15 is 0 Å². The Balaban J connectivity index is 1.92. The van der Waals surface area contributed by atoms with Gasteiger partial charge < -0.3 is 5.32 Å². The van der Waals surface area contributed by atoms with Crippen LogP contribution < -0.4 is 5.32 Å². The summed E-state index contributed by atoms with van der Waals surface area (Å²) in [6.45, 7) is 8.45. The van der Waals surface area contributed by atoms with E-state index in [-0.39, 0.29) is 0 Å². The number of nitrogens with one attached hydrogen (secondary N) is 1. The van der Waals surface area contributed by atoms with E-state index in [0.29, 0.717) is 0 Å². The Kier molecular flexibility index (Phi) is 5.30. The van der Waals surface area contributed by atoms with Gasteiger partial charge in [-0.3, -0.25) is 4.90 Å². The first-order chi connectivity index (χ1) is 8.35. The van der Waals surface area contributed by atoms with Gasteiger partial charge in [-0.15, -0.1) is 0 Å². The van der Waals surface area contributed by atoms with E-state index < -0.39 is 0 Å². The molecule has 1 heterocycles. The minimum absolute atomic E-state index is 0.768. The molecule has 1 aliphatic heterocycles. The molecular weight excluding hydrogens is 208 g/mol. The van der Waals surface area contributed by atoms with E-state index in [0.717, 1.165) is 24.5 Å². The Bertz CT molecular complexity index is 215. The van der Waals surface area contributed by atoms with Crippen LogP contribution in [0, 0.1) is 5.92 Å². The fourth-order valence-corrected chi connectivity index (χ4v) is 3.78. The van der Waals surface area contributed by atoms with Gasteiger partial charge in [-0.05, 0) is 44.7 Å². The second-order valence-corrected chi connectivity index (χ2v) is 5.93. The van der Waals surface area contributed by atoms with Crippen LogP contribution in [0.3, 0.4) is 0 Å². The molecule has 0 aromatic rings. The molecule has 1 saturated heterocycles. The summed E-state index contributed by atoms with van der Waals surface area (Å²) in [5, 5.41) is 3.72. The highest BCUT2D eigenvalue weighted by molar-refractivity contribution is 4.90. The topological polar surface area (TPSA) is 15.3 Å². The zero-order valence-electron chi connectivity index (χ0n) is 11.8. The monoisotopic (exact) mass is 238 g/mol. The van der Waals surface area contributed by atoms with Crippen LogP contribution in [0.5, 0.6) is 0 Å². The van der Waals surface area contributed by atoms with Crippen LogP contribution in [0.4, 0.5) is 0 Å². The van der Waals surface area contributed by atoms with Crippen molar-refractivity contribution in [1.29, 1.82) is 0 Å². The molecule has 2 rings (SSSR count). The lowest BCUT2D eigenvalue weighted by Crippen LogP contribution is -2.54. The molecule has 0 radical (unpaired) electrons. The molecule has 2 heteroatoms. The van der Waals surface area contributed by atoms with Crippen LogP contribution >= 0.6 is 0 Å². The minimum Gasteiger partial charge on any atom is -0.313 e. The summed E-state index contributed by atoms with van der Waals surface area (Å²) in [6.07, 6.45) is 9.95. The molecule has 100 valence electrons. The Morgan fingerprint density at radius 1 is 1.06 bits per heavy atom. The highest BCUT2D eigenvalue weighted by atomic mass is 15.2. The summed E-state index contributed by atoms with van der Waals surface area (Å²) in [5.41, 5.74) is 0. The highest BCUT2D eigenvalue weighted by Gasteiger charge is 2.31. The van der Waals surface area contributed by atoms with E-state index in [1.165, 1.54) is 58.0 Å². The predicted octanol–water partition coefficient (Wildman–Crippen LogP) is 3.03. The first-order valence-corrected chi connectivity index (χ1v) is 7.82. The van der Waals surface area contributed by atoms with Crippen molar-refractivity contribution in [3.05, 3.63) is 0 Å². The predicted molar refractivity (Wildman–Crippen MR) is 74.3 cm³/mol. The third kappa shape index (κ3) is 3.45. The number of nitrogens with zero attached hydrogens (tertiary/aromatic N) is 1. The number of likely N-dealkylation sites (tertiary alicyclic amines) is 1. The second kappa shape index (κ2) is 6.75. The van der Waals surface area contributed by atoms with Gasteiger partial charge in [-0.2, -0.15) is 0 Å². The van der Waals surface area contributed by atoms with Crippen molar-refractivity contribution >= 4 is 0 Å². The molecular formula is C15H30N2. The van der Waals surface area contributed by atoms with Gasteiger partial charge in [0.25, 0.3) is 0 Å². The summed E-state index contributed by atoms with van der Waals surface area (Å²) in [4.78, 5) is 2.81. The van der Waals surface area contributed by atoms with Gasteiger partial charge in [-0.25, -0.2) is 0 Å². The quantitative estimate of drug-likeness (QED) is 0.810. The van der Waals surface area contributed by atoms with E-state index in [9.17, 15) is 0 Å². The minimum atomic E-state index is 0.768. The maximum absolute atomic E-state index is 3.72. The van der Waals surface area contributed by atoms with Crippen molar-refractivity contribution in [3.63, 3.8) is 0 Å². The zero-order chi connectivity index (χ0) is 12.1. The molecule has 1 N–H and O–H groups in total. The second-order valence-electron chi connectivity index (χ2n) is 5.93. The van der Waals surface area contributed by atoms with Gasteiger partial charge >= 0.3 is 0 Å². The fraction of sp³-hybridized carbons (Fsp3) is 1.00. The largest absolute Gasteiger partial charge is 0.313 e. The summed E-state index contributed by atoms with van der Waals surface area (Å²) in [6, 6.07) is 1.60. The van der Waals surface area contributed by atoms with Crippen LogP contribution in [0.1, 0.15) is 58.8 Å². The molecule has 3 atom stereocenters. The Morgan fingerprint density at radius 2 is 1.88 bits per heavy atom. The number of hydrogen-bond acceptors (Lipinski definition) is 2. The van der Waals surface area contributed by atoms with Gasteiger partial charge in [0.05, 0.1) is 0 Å². The van der Waals surface area contributed by atoms with Crippen LogP contribution in [0.25, 0.3) is 0 Å². The normalized spacial score (nSPS) is 36.0. The molecule has 0 amide bonds. The first-order valence-electron chi connectivity index (χ1n) is 7.82. The van der Waals surface area contributed by atoms with E-state index in [4.69, 9.17) is 0 Å². The Labute approximate surface area is 107 Å². The molecule has 1 aliphatic carbocycles. The van der Waals surface area contributed by atoms with Crippen molar-refractivity contribution < 1.29 is 0 Å². The third-order valence-electron chi connectivity index (χ3n) is 4.79. The molecule has 2 fully saturated rings. The zero-order valence-corrected chi connectivity index (χ0v) is 11.8. The molecule has 2 nitrogen and oxygen atoms in total. The molecule has 0 spiro atoms. The maximum atomic E-state index is 3.72. The average molecular weight is 238 g/mol. The molecule has 2 aliphatic rings. The molecule has 3 unspecified atom stereocenters. The molecule has 1 saturated carbocycles. The van der Waals surface area contributed by atoms with Gasteiger partial charge in [0.1, 0.15) is 0 Å². The summed E-state index contributed by atoms with van der Waals surface area (Å²) in [7, 11) is 0. The lowest BCUT2D eigenvalue weighted by Gasteiger charge is -2.44. The van der Waals surface area contributed by atoms with Crippen molar-refractivity contribution in [2.75, 3.05) is 19.6 Å². The van der Waals surface area contributed by atoms with E-state index in [1.54, 1.807) is 0 Å². The van der Waals surface area contributed by atoms with Crippen molar-refractivity contribution in [1.82, 2.24) is 10.2 Å². The van der Waals surface area contributed by atoms with Gasteiger partial charge in [0.15, 0.2) is 0 Å². The number of rotatable bonds is 4. The maximum Gasteiger partial charge on any atom is 0.0249 e. The molecule has 0 aromatic heterocycles. The fourth-order valence-electron chi connectivity index (χ4n) is 3.78.